The molecule has 11 rings (SSSR count). The van der Waals surface area contributed by atoms with Crippen LogP contribution in [0.4, 0.5) is 0 Å². The molecule has 1 heterocycles. The van der Waals surface area contributed by atoms with E-state index >= 15 is 0 Å². The molecule has 4 heteroatoms. The summed E-state index contributed by atoms with van der Waals surface area (Å²) in [6, 6.07) is 37.9. The molecule has 2 atom stereocenters. The molecule has 6 aromatic rings. The summed E-state index contributed by atoms with van der Waals surface area (Å²) in [5, 5.41) is 9.06. The molecule has 240 valence electrons. The standard InChI is InChI=1S/C46H34Si.2ClH.Zr/c1-27-25-33-11-7-15-39(35-23-21-31-19-17-29-9-5-13-37(35)41(29)31)43(33)45(27)47(3,4)46-28(2)26-34-12-8-16-40(44(34)46)36-24-22-32-20-18-30-10-6-14-38(36)42(30)32;;;/h5-26H,1-4H3;2*1H;/q;;;+2/p-2. The van der Waals surface area contributed by atoms with Gasteiger partial charge in [-0.05, 0) is 0 Å². The summed E-state index contributed by atoms with van der Waals surface area (Å²) in [5.41, 5.74) is 20.9. The molecule has 0 radical (unpaired) electrons. The van der Waals surface area contributed by atoms with Gasteiger partial charge in [-0.25, -0.2) is 0 Å². The van der Waals surface area contributed by atoms with Crippen molar-refractivity contribution in [3.8, 4) is 22.3 Å². The second-order valence-corrected chi connectivity index (χ2v) is 22.8. The van der Waals surface area contributed by atoms with Crippen LogP contribution in [0.2, 0.25) is 13.1 Å². The first-order valence-corrected chi connectivity index (χ1v) is 23.2. The van der Waals surface area contributed by atoms with Crippen molar-refractivity contribution in [3.63, 3.8) is 0 Å². The molecule has 50 heavy (non-hydrogen) atoms. The zero-order chi connectivity index (χ0) is 32.1. The van der Waals surface area contributed by atoms with Crippen molar-refractivity contribution < 1.29 is 48.0 Å². The van der Waals surface area contributed by atoms with Crippen LogP contribution in [-0.4, -0.2) is 8.07 Å². The van der Waals surface area contributed by atoms with E-state index in [9.17, 15) is 0 Å². The molecule has 0 aromatic heterocycles. The zero-order valence-corrected chi connectivity index (χ0v) is 33.4. The van der Waals surface area contributed by atoms with Gasteiger partial charge in [-0.3, -0.25) is 0 Å². The number of benzene rings is 6. The van der Waals surface area contributed by atoms with E-state index in [1.165, 1.54) is 66.1 Å². The van der Waals surface area contributed by atoms with Crippen LogP contribution in [0.5, 0.6) is 0 Å². The molecule has 0 spiro atoms. The average Bonchev–Trinajstić information content (AvgIpc) is 3.86. The fourth-order valence-corrected chi connectivity index (χ4v) is 20.3. The Hall–Kier alpha value is -3.52. The van der Waals surface area contributed by atoms with Crippen LogP contribution in [0.15, 0.2) is 108 Å². The zero-order valence-electron chi connectivity index (χ0n) is 28.5. The summed E-state index contributed by atoms with van der Waals surface area (Å²) in [6.45, 7) is 10.4. The summed E-state index contributed by atoms with van der Waals surface area (Å²) >= 11 is -0.980. The van der Waals surface area contributed by atoms with Gasteiger partial charge in [-0.15, -0.1) is 0 Å². The number of halogens is 2. The predicted octanol–water partition coefficient (Wildman–Crippen LogP) is 6.54. The van der Waals surface area contributed by atoms with Crippen LogP contribution >= 0.6 is 0 Å². The Labute approximate surface area is 319 Å². The first kappa shape index (κ1) is 32.4. The van der Waals surface area contributed by atoms with Crippen LogP contribution in [0.3, 0.4) is 0 Å². The minimum atomic E-state index is -2.20. The summed E-state index contributed by atoms with van der Waals surface area (Å²) in [5.74, 6) is 0. The monoisotopic (exact) mass is 774 g/mol. The number of hydrogen-bond donors (Lipinski definition) is 0. The molecule has 0 saturated heterocycles. The Balaban J connectivity index is 0.00000168. The van der Waals surface area contributed by atoms with Crippen LogP contribution < -0.4 is 24.8 Å². The van der Waals surface area contributed by atoms with Gasteiger partial charge < -0.3 is 24.8 Å². The molecule has 0 N–H and O–H groups in total. The summed E-state index contributed by atoms with van der Waals surface area (Å²) < 4.78 is 1.23. The minimum absolute atomic E-state index is 0. The van der Waals surface area contributed by atoms with E-state index in [2.05, 4.69) is 148 Å². The molecule has 6 aromatic carbocycles. The number of fused-ring (bicyclic) bond motifs is 8. The Morgan fingerprint density at radius 1 is 0.460 bits per heavy atom. The summed E-state index contributed by atoms with van der Waals surface area (Å²) in [4.78, 5) is 0. The molecule has 1 aliphatic heterocycles. The van der Waals surface area contributed by atoms with Crippen molar-refractivity contribution >= 4 is 64.3 Å². The fourth-order valence-electron chi connectivity index (χ4n) is 10.4. The maximum absolute atomic E-state index is 2.68. The molecular weight excluding hydrogens is 743 g/mol. The Bertz CT molecular complexity index is 2450. The minimum Gasteiger partial charge on any atom is -1.00 e. The van der Waals surface area contributed by atoms with Crippen molar-refractivity contribution in [1.29, 1.82) is 0 Å². The number of allylic oxidation sites excluding steroid dienone is 2. The van der Waals surface area contributed by atoms with Crippen molar-refractivity contribution in [3.05, 3.63) is 153 Å². The van der Waals surface area contributed by atoms with Crippen LogP contribution in [0.25, 0.3) is 78.5 Å². The van der Waals surface area contributed by atoms with Crippen LogP contribution in [0, 0.1) is 0 Å². The van der Waals surface area contributed by atoms with Crippen molar-refractivity contribution in [2.45, 2.75) is 34.2 Å². The van der Waals surface area contributed by atoms with E-state index < -0.39 is 31.3 Å². The number of rotatable bonds is 2. The second kappa shape index (κ2) is 11.2. The van der Waals surface area contributed by atoms with Crippen molar-refractivity contribution in [1.82, 2.24) is 0 Å². The van der Waals surface area contributed by atoms with Gasteiger partial charge in [0.05, 0.1) is 0 Å². The van der Waals surface area contributed by atoms with Crippen molar-refractivity contribution in [2.24, 2.45) is 0 Å². The third kappa shape index (κ3) is 4.03. The normalized spacial score (nSPS) is 19.1. The number of hydrogen-bond acceptors (Lipinski definition) is 0. The quantitative estimate of drug-likeness (QED) is 0.175. The van der Waals surface area contributed by atoms with Gasteiger partial charge in [0.1, 0.15) is 0 Å². The van der Waals surface area contributed by atoms with E-state index in [-0.39, 0.29) is 24.8 Å². The smallest absolute Gasteiger partial charge is 1.00 e. The van der Waals surface area contributed by atoms with Gasteiger partial charge in [0.2, 0.25) is 0 Å². The predicted molar refractivity (Wildman–Crippen MR) is 205 cm³/mol. The summed E-state index contributed by atoms with van der Waals surface area (Å²) in [6.07, 6.45) is 9.14. The Morgan fingerprint density at radius 3 is 1.30 bits per heavy atom. The van der Waals surface area contributed by atoms with Crippen LogP contribution in [-0.2, 0) is 23.2 Å². The molecule has 2 unspecified atom stereocenters. The first-order valence-electron chi connectivity index (χ1n) is 17.4. The van der Waals surface area contributed by atoms with Gasteiger partial charge in [0.15, 0.2) is 0 Å². The average molecular weight is 777 g/mol. The molecule has 0 amide bonds. The molecule has 0 fully saturated rings. The van der Waals surface area contributed by atoms with E-state index in [1.54, 1.807) is 43.8 Å². The van der Waals surface area contributed by atoms with Gasteiger partial charge >= 0.3 is 297 Å². The third-order valence-corrected chi connectivity index (χ3v) is 21.3. The fraction of sp³-hybridized carbons (Fsp3) is 0.130. The van der Waals surface area contributed by atoms with Gasteiger partial charge in [0.25, 0.3) is 0 Å². The van der Waals surface area contributed by atoms with Crippen molar-refractivity contribution in [2.75, 3.05) is 0 Å². The molecular formula is C46H34Cl2SiZr. The molecule has 4 bridgehead atoms. The maximum atomic E-state index is 2.68. The largest absolute Gasteiger partial charge is 1.00 e. The van der Waals surface area contributed by atoms with Gasteiger partial charge in [0, 0.05) is 0 Å². The van der Waals surface area contributed by atoms with E-state index in [0.717, 1.165) is 0 Å². The van der Waals surface area contributed by atoms with E-state index in [4.69, 9.17) is 0 Å². The second-order valence-electron chi connectivity index (χ2n) is 14.9. The van der Waals surface area contributed by atoms with Gasteiger partial charge in [-0.2, -0.15) is 0 Å². The van der Waals surface area contributed by atoms with E-state index in [0.29, 0.717) is 7.25 Å². The molecule has 0 nitrogen and oxygen atoms in total. The molecule has 0 saturated carbocycles. The third-order valence-electron chi connectivity index (χ3n) is 12.2. The van der Waals surface area contributed by atoms with Gasteiger partial charge in [-0.1, -0.05) is 0 Å². The molecule has 5 aliphatic rings. The van der Waals surface area contributed by atoms with Crippen LogP contribution in [0.1, 0.15) is 65.6 Å². The summed E-state index contributed by atoms with van der Waals surface area (Å²) in [7, 11) is -2.20. The molecule has 4 aliphatic carbocycles. The van der Waals surface area contributed by atoms with E-state index in [1.807, 2.05) is 0 Å². The Morgan fingerprint density at radius 2 is 0.860 bits per heavy atom. The Kier molecular flexibility index (Phi) is 7.28. The topological polar surface area (TPSA) is 0 Å². The first-order chi connectivity index (χ1) is 23.4. The maximum Gasteiger partial charge on any atom is -1.00 e. The SMILES string of the molecule is CC1=C2c3c(-c4ccc5c6c(cccc46)C=C5)cccc3[CH]1[Zr+2][CH]1C(C)=C(c3c(-c4ccc5c6c(cccc46)C=C5)cccc31)[Si]2(C)C.[Cl-].[Cl-].